The van der Waals surface area contributed by atoms with Crippen LogP contribution in [0.25, 0.3) is 0 Å². The van der Waals surface area contributed by atoms with Crippen LogP contribution in [0, 0.1) is 0 Å². The maximum atomic E-state index is 10.3. The van der Waals surface area contributed by atoms with E-state index in [4.69, 9.17) is 16.3 Å². The van der Waals surface area contributed by atoms with Gasteiger partial charge in [-0.3, -0.25) is 0 Å². The average Bonchev–Trinajstić information content (AvgIpc) is 2.32. The quantitative estimate of drug-likeness (QED) is 0.845. The molecule has 0 bridgehead atoms. The molecule has 1 aromatic heterocycles. The molecule has 94 valence electrons. The van der Waals surface area contributed by atoms with Crippen LogP contribution in [-0.2, 0) is 6.42 Å². The molecule has 1 aromatic rings. The van der Waals surface area contributed by atoms with Gasteiger partial charge in [0.05, 0.1) is 5.69 Å². The lowest BCUT2D eigenvalue weighted by molar-refractivity contribution is -0.160. The third-order valence-electron chi connectivity index (χ3n) is 3.09. The fraction of sp³-hybridized carbons (Fsp3) is 0.667. The molecule has 17 heavy (non-hydrogen) atoms. The standard InChI is InChI=1S/C12H17ClN2O2/c1-2-9-10(13)11(15-8-14-9)17-12(16)6-4-3-5-7-12/h8,16H,2-7H2,1H3. The summed E-state index contributed by atoms with van der Waals surface area (Å²) in [6.45, 7) is 1.97. The summed E-state index contributed by atoms with van der Waals surface area (Å²) in [7, 11) is 0. The number of halogens is 1. The molecule has 0 saturated heterocycles. The van der Waals surface area contributed by atoms with E-state index in [1.165, 1.54) is 6.33 Å². The van der Waals surface area contributed by atoms with Crippen LogP contribution in [0.4, 0.5) is 0 Å². The van der Waals surface area contributed by atoms with E-state index in [2.05, 4.69) is 9.97 Å². The summed E-state index contributed by atoms with van der Waals surface area (Å²) in [5, 5.41) is 10.7. The molecule has 1 fully saturated rings. The Bertz CT molecular complexity index is 392. The topological polar surface area (TPSA) is 55.2 Å². The zero-order valence-corrected chi connectivity index (χ0v) is 10.7. The monoisotopic (exact) mass is 256 g/mol. The van der Waals surface area contributed by atoms with E-state index in [1.807, 2.05) is 6.92 Å². The minimum atomic E-state index is -1.11. The predicted octanol–water partition coefficient (Wildman–Crippen LogP) is 2.72. The Morgan fingerprint density at radius 2 is 2.06 bits per heavy atom. The third kappa shape index (κ3) is 2.87. The van der Waals surface area contributed by atoms with E-state index in [9.17, 15) is 5.11 Å². The first-order chi connectivity index (χ1) is 8.14. The summed E-state index contributed by atoms with van der Waals surface area (Å²) in [5.74, 6) is -0.815. The first kappa shape index (κ1) is 12.6. The van der Waals surface area contributed by atoms with E-state index in [0.717, 1.165) is 31.4 Å². The number of aliphatic hydroxyl groups is 1. The zero-order chi connectivity index (χ0) is 12.3. The van der Waals surface area contributed by atoms with Crippen molar-refractivity contribution in [1.82, 2.24) is 9.97 Å². The number of aromatic nitrogens is 2. The zero-order valence-electron chi connectivity index (χ0n) is 9.95. The van der Waals surface area contributed by atoms with Crippen molar-refractivity contribution in [2.45, 2.75) is 51.2 Å². The normalized spacial score (nSPS) is 19.0. The summed E-state index contributed by atoms with van der Waals surface area (Å²) in [5.41, 5.74) is 0.746. The molecule has 0 unspecified atom stereocenters. The van der Waals surface area contributed by atoms with Crippen molar-refractivity contribution in [3.05, 3.63) is 17.0 Å². The minimum Gasteiger partial charge on any atom is -0.444 e. The molecule has 1 N–H and O–H groups in total. The first-order valence-corrected chi connectivity index (χ1v) is 6.43. The number of hydrogen-bond acceptors (Lipinski definition) is 4. The number of rotatable bonds is 3. The van der Waals surface area contributed by atoms with E-state index >= 15 is 0 Å². The largest absolute Gasteiger partial charge is 0.444 e. The SMILES string of the molecule is CCc1ncnc(OC2(O)CCCCC2)c1Cl. The van der Waals surface area contributed by atoms with Gasteiger partial charge in [0, 0.05) is 12.8 Å². The molecule has 1 aliphatic rings. The highest BCUT2D eigenvalue weighted by Crippen LogP contribution is 2.33. The van der Waals surface area contributed by atoms with Crippen molar-refractivity contribution in [3.63, 3.8) is 0 Å². The lowest BCUT2D eigenvalue weighted by Gasteiger charge is -2.32. The van der Waals surface area contributed by atoms with Crippen LogP contribution in [0.3, 0.4) is 0 Å². The first-order valence-electron chi connectivity index (χ1n) is 6.05. The lowest BCUT2D eigenvalue weighted by Crippen LogP contribution is -2.38. The fourth-order valence-corrected chi connectivity index (χ4v) is 2.36. The maximum absolute atomic E-state index is 10.3. The molecule has 0 atom stereocenters. The molecule has 1 heterocycles. The van der Waals surface area contributed by atoms with Crippen LogP contribution >= 0.6 is 11.6 Å². The molecule has 0 amide bonds. The maximum Gasteiger partial charge on any atom is 0.238 e. The van der Waals surface area contributed by atoms with Gasteiger partial charge in [0.15, 0.2) is 0 Å². The Hall–Kier alpha value is -0.870. The van der Waals surface area contributed by atoms with Gasteiger partial charge in [-0.2, -0.15) is 0 Å². The highest BCUT2D eigenvalue weighted by molar-refractivity contribution is 6.32. The van der Waals surface area contributed by atoms with Gasteiger partial charge in [0.2, 0.25) is 11.7 Å². The highest BCUT2D eigenvalue weighted by atomic mass is 35.5. The van der Waals surface area contributed by atoms with Crippen molar-refractivity contribution in [3.8, 4) is 5.88 Å². The van der Waals surface area contributed by atoms with Gasteiger partial charge in [-0.25, -0.2) is 9.97 Å². The van der Waals surface area contributed by atoms with Gasteiger partial charge in [-0.15, -0.1) is 0 Å². The Balaban J connectivity index is 2.17. The average molecular weight is 257 g/mol. The summed E-state index contributed by atoms with van der Waals surface area (Å²) in [6, 6.07) is 0. The smallest absolute Gasteiger partial charge is 0.238 e. The molecule has 1 aliphatic carbocycles. The van der Waals surface area contributed by atoms with Gasteiger partial charge in [-0.05, 0) is 19.3 Å². The molecular weight excluding hydrogens is 240 g/mol. The van der Waals surface area contributed by atoms with Crippen molar-refractivity contribution in [1.29, 1.82) is 0 Å². The Kier molecular flexibility index (Phi) is 3.84. The van der Waals surface area contributed by atoms with Gasteiger partial charge >= 0.3 is 0 Å². The second kappa shape index (κ2) is 5.19. The minimum absolute atomic E-state index is 0.294. The van der Waals surface area contributed by atoms with Crippen molar-refractivity contribution in [2.75, 3.05) is 0 Å². The van der Waals surface area contributed by atoms with Crippen LogP contribution in [0.15, 0.2) is 6.33 Å². The molecule has 5 heteroatoms. The molecular formula is C12H17ClN2O2. The summed E-state index contributed by atoms with van der Waals surface area (Å²) in [6.07, 6.45) is 6.50. The summed E-state index contributed by atoms with van der Waals surface area (Å²) >= 11 is 6.13. The predicted molar refractivity (Wildman–Crippen MR) is 65.1 cm³/mol. The molecule has 1 saturated carbocycles. The van der Waals surface area contributed by atoms with Crippen LogP contribution in [0.1, 0.15) is 44.7 Å². The van der Waals surface area contributed by atoms with Crippen LogP contribution < -0.4 is 4.74 Å². The number of ether oxygens (including phenoxy) is 1. The van der Waals surface area contributed by atoms with Gasteiger partial charge in [0.1, 0.15) is 11.3 Å². The summed E-state index contributed by atoms with van der Waals surface area (Å²) in [4.78, 5) is 8.07. The second-order valence-corrected chi connectivity index (χ2v) is 4.78. The Morgan fingerprint density at radius 1 is 1.35 bits per heavy atom. The molecule has 0 spiro atoms. The van der Waals surface area contributed by atoms with Crippen molar-refractivity contribution in [2.24, 2.45) is 0 Å². The van der Waals surface area contributed by atoms with Crippen molar-refractivity contribution >= 4 is 11.6 Å². The molecule has 2 rings (SSSR count). The molecule has 4 nitrogen and oxygen atoms in total. The van der Waals surface area contributed by atoms with Gasteiger partial charge < -0.3 is 9.84 Å². The van der Waals surface area contributed by atoms with Gasteiger partial charge in [0.25, 0.3) is 0 Å². The fourth-order valence-electron chi connectivity index (χ4n) is 2.09. The Labute approximate surface area is 106 Å². The number of nitrogens with zero attached hydrogens (tertiary/aromatic N) is 2. The number of hydrogen-bond donors (Lipinski definition) is 1. The molecule has 0 aromatic carbocycles. The van der Waals surface area contributed by atoms with E-state index in [-0.39, 0.29) is 0 Å². The molecule has 0 radical (unpaired) electrons. The van der Waals surface area contributed by atoms with Crippen LogP contribution in [0.5, 0.6) is 5.88 Å². The van der Waals surface area contributed by atoms with E-state index in [0.29, 0.717) is 23.7 Å². The number of aryl methyl sites for hydroxylation is 1. The Morgan fingerprint density at radius 3 is 2.71 bits per heavy atom. The van der Waals surface area contributed by atoms with Crippen LogP contribution in [-0.4, -0.2) is 20.9 Å². The highest BCUT2D eigenvalue weighted by Gasteiger charge is 2.32. The van der Waals surface area contributed by atoms with E-state index in [1.54, 1.807) is 0 Å². The molecule has 0 aliphatic heterocycles. The van der Waals surface area contributed by atoms with Gasteiger partial charge in [-0.1, -0.05) is 24.9 Å². The van der Waals surface area contributed by atoms with Crippen LogP contribution in [0.2, 0.25) is 5.02 Å². The van der Waals surface area contributed by atoms with E-state index < -0.39 is 5.79 Å². The van der Waals surface area contributed by atoms with Crippen molar-refractivity contribution < 1.29 is 9.84 Å². The summed E-state index contributed by atoms with van der Waals surface area (Å²) < 4.78 is 5.59. The third-order valence-corrected chi connectivity index (χ3v) is 3.47. The lowest BCUT2D eigenvalue weighted by atomic mass is 9.94. The second-order valence-electron chi connectivity index (χ2n) is 4.40.